The van der Waals surface area contributed by atoms with Crippen molar-refractivity contribution in [1.82, 2.24) is 10.2 Å². The van der Waals surface area contributed by atoms with Gasteiger partial charge in [0, 0.05) is 18.5 Å². The third kappa shape index (κ3) is 2.45. The molecular formula is C20H15N3O3. The van der Waals surface area contributed by atoms with E-state index in [4.69, 9.17) is 0 Å². The summed E-state index contributed by atoms with van der Waals surface area (Å²) >= 11 is 0. The Hall–Kier alpha value is -3.46. The van der Waals surface area contributed by atoms with Crippen molar-refractivity contribution in [2.24, 2.45) is 0 Å². The highest BCUT2D eigenvalue weighted by molar-refractivity contribution is 6.09. The van der Waals surface area contributed by atoms with Crippen LogP contribution in [-0.2, 0) is 16.1 Å². The molecule has 1 fully saturated rings. The van der Waals surface area contributed by atoms with Crippen LogP contribution in [0.25, 0.3) is 11.1 Å². The lowest BCUT2D eigenvalue weighted by Gasteiger charge is -2.29. The smallest absolute Gasteiger partial charge is 0.255 e. The molecule has 1 saturated heterocycles. The number of nitrogens with one attached hydrogen (secondary N) is 1. The number of amides is 3. The summed E-state index contributed by atoms with van der Waals surface area (Å²) in [5, 5.41) is 11.8. The second kappa shape index (κ2) is 6.12. The van der Waals surface area contributed by atoms with Crippen molar-refractivity contribution >= 4 is 17.7 Å². The Kier molecular flexibility index (Phi) is 3.77. The fraction of sp³-hybridized carbons (Fsp3) is 0.200. The van der Waals surface area contributed by atoms with Crippen LogP contribution in [-0.4, -0.2) is 28.7 Å². The molecule has 1 unspecified atom stereocenters. The maximum atomic E-state index is 13.1. The summed E-state index contributed by atoms with van der Waals surface area (Å²) in [4.78, 5) is 38.2. The van der Waals surface area contributed by atoms with E-state index in [9.17, 15) is 19.6 Å². The number of piperidine rings is 1. The molecule has 0 aromatic heterocycles. The van der Waals surface area contributed by atoms with Crippen LogP contribution in [0.3, 0.4) is 0 Å². The minimum Gasteiger partial charge on any atom is -0.322 e. The quantitative estimate of drug-likeness (QED) is 0.843. The van der Waals surface area contributed by atoms with E-state index in [0.717, 1.165) is 11.1 Å². The average Bonchev–Trinajstić information content (AvgIpc) is 2.98. The van der Waals surface area contributed by atoms with E-state index in [1.165, 1.54) is 4.90 Å². The van der Waals surface area contributed by atoms with Gasteiger partial charge in [0.15, 0.2) is 0 Å². The SMILES string of the molecule is N#Cc1ccc2c(c1-c1ccccc1)C(=O)N(C1CCC(=O)NC1=O)C2. The molecule has 2 aliphatic rings. The highest BCUT2D eigenvalue weighted by Gasteiger charge is 2.40. The standard InChI is InChI=1S/C20H15N3O3/c21-10-13-6-7-14-11-23(15-8-9-16(24)22-19(15)25)20(26)18(14)17(13)12-4-2-1-3-5-12/h1-7,15H,8-9,11H2,(H,22,24,25). The number of fused-ring (bicyclic) bond motifs is 1. The maximum absolute atomic E-state index is 13.1. The topological polar surface area (TPSA) is 90.3 Å². The van der Waals surface area contributed by atoms with E-state index < -0.39 is 11.9 Å². The van der Waals surface area contributed by atoms with E-state index in [1.54, 1.807) is 12.1 Å². The van der Waals surface area contributed by atoms with Crippen molar-refractivity contribution in [3.05, 3.63) is 59.2 Å². The first-order valence-corrected chi connectivity index (χ1v) is 8.36. The normalized spacial score (nSPS) is 19.1. The summed E-state index contributed by atoms with van der Waals surface area (Å²) in [6.45, 7) is 0.298. The monoisotopic (exact) mass is 345 g/mol. The van der Waals surface area contributed by atoms with Crippen LogP contribution in [0.4, 0.5) is 0 Å². The largest absolute Gasteiger partial charge is 0.322 e. The molecule has 26 heavy (non-hydrogen) atoms. The van der Waals surface area contributed by atoms with E-state index in [1.807, 2.05) is 30.3 Å². The van der Waals surface area contributed by atoms with Gasteiger partial charge in [-0.25, -0.2) is 0 Å². The Balaban J connectivity index is 1.79. The van der Waals surface area contributed by atoms with Crippen molar-refractivity contribution in [3.63, 3.8) is 0 Å². The molecule has 2 aliphatic heterocycles. The van der Waals surface area contributed by atoms with Gasteiger partial charge in [0.25, 0.3) is 5.91 Å². The lowest BCUT2D eigenvalue weighted by atomic mass is 9.92. The van der Waals surface area contributed by atoms with Gasteiger partial charge in [-0.05, 0) is 23.6 Å². The van der Waals surface area contributed by atoms with Crippen LogP contribution in [0, 0.1) is 11.3 Å². The predicted molar refractivity (Wildman–Crippen MR) is 92.6 cm³/mol. The molecule has 3 amide bonds. The third-order valence-electron chi connectivity index (χ3n) is 4.88. The van der Waals surface area contributed by atoms with Gasteiger partial charge in [0.2, 0.25) is 11.8 Å². The first-order valence-electron chi connectivity index (χ1n) is 8.36. The van der Waals surface area contributed by atoms with Gasteiger partial charge in [-0.2, -0.15) is 5.26 Å². The number of nitrogens with zero attached hydrogens (tertiary/aromatic N) is 2. The Morgan fingerprint density at radius 1 is 1.04 bits per heavy atom. The van der Waals surface area contributed by atoms with Crippen molar-refractivity contribution < 1.29 is 14.4 Å². The van der Waals surface area contributed by atoms with Crippen LogP contribution < -0.4 is 5.32 Å². The van der Waals surface area contributed by atoms with E-state index in [2.05, 4.69) is 11.4 Å². The third-order valence-corrected chi connectivity index (χ3v) is 4.88. The van der Waals surface area contributed by atoms with Crippen LogP contribution in [0.5, 0.6) is 0 Å². The molecule has 6 nitrogen and oxygen atoms in total. The molecule has 0 spiro atoms. The second-order valence-corrected chi connectivity index (χ2v) is 6.40. The molecule has 0 radical (unpaired) electrons. The number of hydrogen-bond acceptors (Lipinski definition) is 4. The van der Waals surface area contributed by atoms with Gasteiger partial charge in [0.1, 0.15) is 6.04 Å². The minimum atomic E-state index is -0.665. The van der Waals surface area contributed by atoms with E-state index in [0.29, 0.717) is 29.7 Å². The minimum absolute atomic E-state index is 0.214. The molecule has 1 atom stereocenters. The zero-order valence-corrected chi connectivity index (χ0v) is 13.9. The molecule has 128 valence electrons. The van der Waals surface area contributed by atoms with Gasteiger partial charge in [-0.1, -0.05) is 36.4 Å². The van der Waals surface area contributed by atoms with Crippen molar-refractivity contribution in [1.29, 1.82) is 5.26 Å². The molecule has 0 aliphatic carbocycles. The molecule has 2 aromatic carbocycles. The first-order chi connectivity index (χ1) is 12.6. The predicted octanol–water partition coefficient (Wildman–Crippen LogP) is 1.99. The fourth-order valence-electron chi connectivity index (χ4n) is 3.65. The Labute approximate surface area is 150 Å². The highest BCUT2D eigenvalue weighted by atomic mass is 16.2. The van der Waals surface area contributed by atoms with Gasteiger partial charge in [-0.15, -0.1) is 0 Å². The Morgan fingerprint density at radius 2 is 1.81 bits per heavy atom. The number of rotatable bonds is 2. The van der Waals surface area contributed by atoms with Crippen LogP contribution in [0.2, 0.25) is 0 Å². The summed E-state index contributed by atoms with van der Waals surface area (Å²) in [7, 11) is 0. The average molecular weight is 345 g/mol. The maximum Gasteiger partial charge on any atom is 0.255 e. The number of carbonyl (C=O) groups is 3. The molecule has 2 aromatic rings. The molecule has 6 heteroatoms. The van der Waals surface area contributed by atoms with Crippen LogP contribution >= 0.6 is 0 Å². The summed E-state index contributed by atoms with van der Waals surface area (Å²) in [6.07, 6.45) is 0.529. The zero-order chi connectivity index (χ0) is 18.3. The second-order valence-electron chi connectivity index (χ2n) is 6.40. The van der Waals surface area contributed by atoms with Gasteiger partial charge < -0.3 is 4.90 Å². The summed E-state index contributed by atoms with van der Waals surface area (Å²) in [5.74, 6) is -1.03. The van der Waals surface area contributed by atoms with Gasteiger partial charge in [0.05, 0.1) is 17.2 Å². The van der Waals surface area contributed by atoms with E-state index in [-0.39, 0.29) is 18.2 Å². The summed E-state index contributed by atoms with van der Waals surface area (Å²) in [6, 6.07) is 14.3. The van der Waals surface area contributed by atoms with Gasteiger partial charge >= 0.3 is 0 Å². The number of nitriles is 1. The molecule has 4 rings (SSSR count). The summed E-state index contributed by atoms with van der Waals surface area (Å²) in [5.41, 5.74) is 3.08. The van der Waals surface area contributed by atoms with Crippen LogP contribution in [0.15, 0.2) is 42.5 Å². The van der Waals surface area contributed by atoms with E-state index >= 15 is 0 Å². The number of carbonyl (C=O) groups excluding carboxylic acids is 3. The lowest BCUT2D eigenvalue weighted by molar-refractivity contribution is -0.136. The van der Waals surface area contributed by atoms with Crippen molar-refractivity contribution in [2.75, 3.05) is 0 Å². The number of benzene rings is 2. The molecule has 0 bridgehead atoms. The molecule has 2 heterocycles. The number of hydrogen-bond donors (Lipinski definition) is 1. The summed E-state index contributed by atoms with van der Waals surface area (Å²) < 4.78 is 0. The van der Waals surface area contributed by atoms with Gasteiger partial charge in [-0.3, -0.25) is 19.7 Å². The zero-order valence-electron chi connectivity index (χ0n) is 13.9. The van der Waals surface area contributed by atoms with Crippen LogP contribution in [0.1, 0.15) is 34.3 Å². The Morgan fingerprint density at radius 3 is 2.50 bits per heavy atom. The molecule has 1 N–H and O–H groups in total. The van der Waals surface area contributed by atoms with Crippen molar-refractivity contribution in [3.8, 4) is 17.2 Å². The highest BCUT2D eigenvalue weighted by Crippen LogP contribution is 2.36. The lowest BCUT2D eigenvalue weighted by Crippen LogP contribution is -2.52. The molecule has 0 saturated carbocycles. The number of imide groups is 1. The Bertz CT molecular complexity index is 976. The fourth-order valence-corrected chi connectivity index (χ4v) is 3.65. The van der Waals surface area contributed by atoms with Crippen molar-refractivity contribution in [2.45, 2.75) is 25.4 Å². The first kappa shape index (κ1) is 16.0. The molecular weight excluding hydrogens is 330 g/mol.